The van der Waals surface area contributed by atoms with Gasteiger partial charge in [0.2, 0.25) is 5.95 Å². The van der Waals surface area contributed by atoms with E-state index in [1.165, 1.54) is 23.4 Å². The molecule has 1 aliphatic rings. The average molecular weight is 474 g/mol. The predicted molar refractivity (Wildman–Crippen MR) is 110 cm³/mol. The molecule has 0 unspecified atom stereocenters. The summed E-state index contributed by atoms with van der Waals surface area (Å²) in [5.74, 6) is -0.326. The first-order valence-corrected chi connectivity index (χ1v) is 9.86. The van der Waals surface area contributed by atoms with Crippen LogP contribution in [0.15, 0.2) is 53.3 Å². The molecule has 1 aliphatic heterocycles. The van der Waals surface area contributed by atoms with Gasteiger partial charge in [0.25, 0.3) is 5.91 Å². The Morgan fingerprint density at radius 1 is 1.37 bits per heavy atom. The maximum Gasteiger partial charge on any atom is 0.342 e. The molecule has 154 valence electrons. The lowest BCUT2D eigenvalue weighted by Gasteiger charge is -2.20. The zero-order chi connectivity index (χ0) is 21.3. The largest absolute Gasteiger partial charge is 0.489 e. The predicted octanol–water partition coefficient (Wildman–Crippen LogP) is 2.75. The number of amides is 2. The van der Waals surface area contributed by atoms with Crippen LogP contribution < -0.4 is 15.0 Å². The van der Waals surface area contributed by atoms with E-state index in [-0.39, 0.29) is 12.5 Å². The maximum atomic E-state index is 13.2. The minimum Gasteiger partial charge on any atom is -0.489 e. The van der Waals surface area contributed by atoms with Crippen LogP contribution in [0.4, 0.5) is 14.9 Å². The van der Waals surface area contributed by atoms with Gasteiger partial charge < -0.3 is 15.0 Å². The van der Waals surface area contributed by atoms with E-state index >= 15 is 0 Å². The molecule has 1 atom stereocenters. The summed E-state index contributed by atoms with van der Waals surface area (Å²) in [6.45, 7) is -0.00904. The van der Waals surface area contributed by atoms with Gasteiger partial charge in [0.1, 0.15) is 18.4 Å². The quantitative estimate of drug-likeness (QED) is 0.590. The van der Waals surface area contributed by atoms with E-state index in [4.69, 9.17) is 4.74 Å². The Morgan fingerprint density at radius 3 is 3.00 bits per heavy atom. The first kappa shape index (κ1) is 20.0. The minimum atomic E-state index is -0.883. The van der Waals surface area contributed by atoms with E-state index in [9.17, 15) is 14.0 Å². The Labute approximate surface area is 179 Å². The fourth-order valence-electron chi connectivity index (χ4n) is 3.11. The van der Waals surface area contributed by atoms with Gasteiger partial charge in [-0.05, 0) is 35.9 Å². The molecule has 1 N–H and O–H groups in total. The van der Waals surface area contributed by atoms with Crippen molar-refractivity contribution >= 4 is 33.6 Å². The number of halogens is 2. The number of carbonyl (C=O) groups is 2. The molecule has 0 radical (unpaired) electrons. The number of nitrogens with zero attached hydrogens (tertiary/aromatic N) is 4. The summed E-state index contributed by atoms with van der Waals surface area (Å²) in [4.78, 5) is 30.7. The Bertz CT molecular complexity index is 1120. The van der Waals surface area contributed by atoms with Gasteiger partial charge in [0.15, 0.2) is 0 Å². The normalized spacial score (nSPS) is 15.9. The third-order valence-electron chi connectivity index (χ3n) is 4.62. The number of benzene rings is 1. The third kappa shape index (κ3) is 4.18. The van der Waals surface area contributed by atoms with Gasteiger partial charge in [-0.2, -0.15) is 14.2 Å². The van der Waals surface area contributed by atoms with E-state index in [1.54, 1.807) is 31.3 Å². The molecule has 4 rings (SSSR count). The second-order valence-electron chi connectivity index (χ2n) is 6.74. The Hall–Kier alpha value is -3.27. The van der Waals surface area contributed by atoms with Crippen LogP contribution in [0.2, 0.25) is 0 Å². The molecule has 2 aromatic heterocycles. The summed E-state index contributed by atoms with van der Waals surface area (Å²) in [6, 6.07) is 8.41. The first-order valence-electron chi connectivity index (χ1n) is 9.06. The number of ether oxygens (including phenoxy) is 1. The number of fused-ring (bicyclic) bond motifs is 1. The summed E-state index contributed by atoms with van der Waals surface area (Å²) in [6.07, 6.45) is 3.33. The standard InChI is InChI=1S/C20H17BrFN5O3/c1-26-16-8-13(21)5-6-17(16)30-11-15(19(26)28)25-20(29)27-10-12(9-23-27)7-14-3-2-4-18(22)24-14/h2-6,8-10,15H,7,11H2,1H3,(H,25,29)/t15-/m1/s1. The molecule has 0 spiro atoms. The monoisotopic (exact) mass is 473 g/mol. The molecular formula is C20H17BrFN5O3. The molecule has 2 amide bonds. The lowest BCUT2D eigenvalue weighted by atomic mass is 10.2. The lowest BCUT2D eigenvalue weighted by Crippen LogP contribution is -2.50. The number of likely N-dealkylation sites (N-methyl/N-ethyl adjacent to an activating group) is 1. The third-order valence-corrected chi connectivity index (χ3v) is 5.11. The second kappa shape index (κ2) is 8.23. The Morgan fingerprint density at radius 2 is 2.20 bits per heavy atom. The molecule has 0 saturated heterocycles. The lowest BCUT2D eigenvalue weighted by molar-refractivity contribution is -0.120. The van der Waals surface area contributed by atoms with Gasteiger partial charge in [-0.1, -0.05) is 22.0 Å². The number of anilines is 1. The van der Waals surface area contributed by atoms with Crippen LogP contribution in [0.25, 0.3) is 0 Å². The molecule has 0 aliphatic carbocycles. The molecule has 30 heavy (non-hydrogen) atoms. The van der Waals surface area contributed by atoms with Crippen molar-refractivity contribution in [2.45, 2.75) is 12.5 Å². The van der Waals surface area contributed by atoms with Gasteiger partial charge in [-0.3, -0.25) is 4.79 Å². The van der Waals surface area contributed by atoms with Crippen LogP contribution in [-0.2, 0) is 11.2 Å². The molecule has 3 aromatic rings. The van der Waals surface area contributed by atoms with Crippen LogP contribution in [0, 0.1) is 5.95 Å². The van der Waals surface area contributed by atoms with Crippen molar-refractivity contribution in [2.75, 3.05) is 18.6 Å². The summed E-state index contributed by atoms with van der Waals surface area (Å²) in [5.41, 5.74) is 1.81. The SMILES string of the molecule is CN1C(=O)[C@H](NC(=O)n2cc(Cc3cccc(F)n3)cn2)COc2ccc(Br)cc21. The first-order chi connectivity index (χ1) is 14.4. The molecule has 0 saturated carbocycles. The van der Waals surface area contributed by atoms with Crippen molar-refractivity contribution < 1.29 is 18.7 Å². The number of aromatic nitrogens is 3. The highest BCUT2D eigenvalue weighted by molar-refractivity contribution is 9.10. The number of rotatable bonds is 3. The van der Waals surface area contributed by atoms with Crippen molar-refractivity contribution in [3.63, 3.8) is 0 Å². The summed E-state index contributed by atoms with van der Waals surface area (Å²) in [7, 11) is 1.62. The van der Waals surface area contributed by atoms with E-state index in [0.717, 1.165) is 9.15 Å². The fraction of sp³-hybridized carbons (Fsp3) is 0.200. The molecule has 8 nitrogen and oxygen atoms in total. The number of pyridine rings is 1. The zero-order valence-corrected chi connectivity index (χ0v) is 17.5. The van der Waals surface area contributed by atoms with Gasteiger partial charge in [-0.15, -0.1) is 0 Å². The van der Waals surface area contributed by atoms with E-state index in [2.05, 4.69) is 31.3 Å². The highest BCUT2D eigenvalue weighted by Crippen LogP contribution is 2.33. The van der Waals surface area contributed by atoms with Crippen molar-refractivity contribution in [3.8, 4) is 5.75 Å². The summed E-state index contributed by atoms with van der Waals surface area (Å²) >= 11 is 3.38. The zero-order valence-electron chi connectivity index (χ0n) is 15.9. The fourth-order valence-corrected chi connectivity index (χ4v) is 3.46. The maximum absolute atomic E-state index is 13.2. The molecular weight excluding hydrogens is 457 g/mol. The van der Waals surface area contributed by atoms with Crippen molar-refractivity contribution in [1.29, 1.82) is 0 Å². The van der Waals surface area contributed by atoms with Gasteiger partial charge in [0, 0.05) is 29.8 Å². The number of hydrogen-bond donors (Lipinski definition) is 1. The molecule has 3 heterocycles. The molecule has 0 fully saturated rings. The van der Waals surface area contributed by atoms with Gasteiger partial charge in [0.05, 0.1) is 11.9 Å². The molecule has 1 aromatic carbocycles. The van der Waals surface area contributed by atoms with Crippen molar-refractivity contribution in [3.05, 3.63) is 70.5 Å². The van der Waals surface area contributed by atoms with Gasteiger partial charge >= 0.3 is 6.03 Å². The van der Waals surface area contributed by atoms with Crippen LogP contribution in [0.5, 0.6) is 5.75 Å². The minimum absolute atomic E-state index is 0.00904. The molecule has 0 bridgehead atoms. The van der Waals surface area contributed by atoms with Crippen molar-refractivity contribution in [2.24, 2.45) is 0 Å². The summed E-state index contributed by atoms with van der Waals surface area (Å²) < 4.78 is 20.9. The number of nitrogens with one attached hydrogen (secondary N) is 1. The number of carbonyl (C=O) groups excluding carboxylic acids is 2. The molecule has 10 heteroatoms. The smallest absolute Gasteiger partial charge is 0.342 e. The van der Waals surface area contributed by atoms with Crippen molar-refractivity contribution in [1.82, 2.24) is 20.1 Å². The van der Waals surface area contributed by atoms with Crippen LogP contribution >= 0.6 is 15.9 Å². The highest BCUT2D eigenvalue weighted by Gasteiger charge is 2.31. The summed E-state index contributed by atoms with van der Waals surface area (Å²) in [5, 5.41) is 6.68. The van der Waals surface area contributed by atoms with E-state index in [0.29, 0.717) is 29.1 Å². The second-order valence-corrected chi connectivity index (χ2v) is 7.66. The van der Waals surface area contributed by atoms with Crippen LogP contribution in [-0.4, -0.2) is 46.4 Å². The Kier molecular flexibility index (Phi) is 5.49. The van der Waals surface area contributed by atoms with Crippen LogP contribution in [0.1, 0.15) is 11.3 Å². The van der Waals surface area contributed by atoms with E-state index in [1.807, 2.05) is 6.07 Å². The highest BCUT2D eigenvalue weighted by atomic mass is 79.9. The average Bonchev–Trinajstić information content (AvgIpc) is 3.15. The van der Waals surface area contributed by atoms with Crippen LogP contribution in [0.3, 0.4) is 0 Å². The topological polar surface area (TPSA) is 89.4 Å². The van der Waals surface area contributed by atoms with E-state index < -0.39 is 18.0 Å². The Balaban J connectivity index is 1.45. The number of hydrogen-bond acceptors (Lipinski definition) is 5. The van der Waals surface area contributed by atoms with Gasteiger partial charge in [-0.25, -0.2) is 9.78 Å².